The van der Waals surface area contributed by atoms with Crippen LogP contribution in [0, 0.1) is 0 Å². The van der Waals surface area contributed by atoms with Crippen molar-refractivity contribution in [1.82, 2.24) is 9.80 Å². The fraction of sp³-hybridized carbons (Fsp3) is 1.00. The van der Waals surface area contributed by atoms with Crippen LogP contribution in [0.25, 0.3) is 0 Å². The molecule has 1 atom stereocenters. The zero-order chi connectivity index (χ0) is 11.2. The third kappa shape index (κ3) is 3.58. The van der Waals surface area contributed by atoms with Crippen LogP contribution in [0.2, 0.25) is 0 Å². The second-order valence-electron chi connectivity index (χ2n) is 4.35. The maximum atomic E-state index is 2.50. The van der Waals surface area contributed by atoms with Crippen molar-refractivity contribution in [3.8, 4) is 0 Å². The van der Waals surface area contributed by atoms with Crippen molar-refractivity contribution in [1.29, 1.82) is 0 Å². The lowest BCUT2D eigenvalue weighted by Crippen LogP contribution is -2.47. The third-order valence-corrected chi connectivity index (χ3v) is 3.28. The van der Waals surface area contributed by atoms with Gasteiger partial charge in [0.25, 0.3) is 0 Å². The molecule has 1 rings (SSSR count). The topological polar surface area (TPSA) is 6.48 Å². The van der Waals surface area contributed by atoms with Gasteiger partial charge >= 0.3 is 0 Å². The molecule has 0 amide bonds. The average molecular weight is 200 g/mol. The molecule has 0 N–H and O–H groups in total. The second-order valence-corrected chi connectivity index (χ2v) is 4.35. The first-order chi connectivity index (χ1) is 6.58. The molecule has 1 fully saturated rings. The molecule has 1 aliphatic rings. The summed E-state index contributed by atoms with van der Waals surface area (Å²) in [5.74, 6) is 0. The van der Waals surface area contributed by atoms with E-state index in [9.17, 15) is 0 Å². The van der Waals surface area contributed by atoms with Gasteiger partial charge in [0, 0.05) is 12.1 Å². The van der Waals surface area contributed by atoms with Crippen molar-refractivity contribution < 1.29 is 0 Å². The summed E-state index contributed by atoms with van der Waals surface area (Å²) < 4.78 is 0. The summed E-state index contributed by atoms with van der Waals surface area (Å²) in [5, 5.41) is 0. The minimum Gasteiger partial charge on any atom is -0.305 e. The van der Waals surface area contributed by atoms with E-state index in [0.717, 1.165) is 6.54 Å². The van der Waals surface area contributed by atoms with Crippen LogP contribution >= 0.6 is 0 Å². The van der Waals surface area contributed by atoms with Gasteiger partial charge in [-0.25, -0.2) is 0 Å². The Morgan fingerprint density at radius 1 is 1.36 bits per heavy atom. The van der Waals surface area contributed by atoms with E-state index < -0.39 is 0 Å². The van der Waals surface area contributed by atoms with Crippen LogP contribution in [0.1, 0.15) is 40.5 Å². The predicted molar refractivity (Wildman–Crippen MR) is 64.8 cm³/mol. The molecule has 1 heterocycles. The molecule has 2 nitrogen and oxygen atoms in total. The minimum atomic E-state index is 0.435. The molecule has 86 valence electrons. The molecule has 0 bridgehead atoms. The molecule has 0 saturated carbocycles. The first-order valence-corrected chi connectivity index (χ1v) is 5.98. The summed E-state index contributed by atoms with van der Waals surface area (Å²) in [4.78, 5) is 4.90. The Bertz CT molecular complexity index is 147. The van der Waals surface area contributed by atoms with E-state index in [1.165, 1.54) is 25.9 Å². The molecule has 0 radical (unpaired) electrons. The van der Waals surface area contributed by atoms with Gasteiger partial charge in [-0.3, -0.25) is 4.90 Å². The van der Waals surface area contributed by atoms with Gasteiger partial charge in [-0.05, 0) is 47.0 Å². The first-order valence-electron chi connectivity index (χ1n) is 5.98. The van der Waals surface area contributed by atoms with E-state index in [2.05, 4.69) is 37.7 Å². The number of hydrogen-bond acceptors (Lipinski definition) is 2. The lowest BCUT2D eigenvalue weighted by atomic mass is 9.99. The maximum Gasteiger partial charge on any atom is 0.0305 e. The van der Waals surface area contributed by atoms with Crippen LogP contribution in [0.4, 0.5) is 0 Å². The standard InChI is InChI=1S/C10H22N2.C2H6/c1-5-11(3)9-10(2)7-6-8-12(10)4;1-2/h5-9H2,1-4H3;1-2H3/t10-;/m0./s1. The highest BCUT2D eigenvalue weighted by atomic mass is 15.2. The summed E-state index contributed by atoms with van der Waals surface area (Å²) in [7, 11) is 4.45. The Balaban J connectivity index is 0.000000791. The molecule has 0 aromatic carbocycles. The van der Waals surface area contributed by atoms with Gasteiger partial charge < -0.3 is 4.90 Å². The Labute approximate surface area is 90.3 Å². The normalized spacial score (nSPS) is 27.6. The Morgan fingerprint density at radius 3 is 2.29 bits per heavy atom. The van der Waals surface area contributed by atoms with Crippen LogP contribution in [-0.4, -0.2) is 49.1 Å². The van der Waals surface area contributed by atoms with E-state index in [1.807, 2.05) is 13.8 Å². The Hall–Kier alpha value is -0.0800. The molecule has 0 aliphatic carbocycles. The summed E-state index contributed by atoms with van der Waals surface area (Å²) in [6, 6.07) is 0. The number of nitrogens with zero attached hydrogens (tertiary/aromatic N) is 2. The van der Waals surface area contributed by atoms with Gasteiger partial charge in [-0.2, -0.15) is 0 Å². The quantitative estimate of drug-likeness (QED) is 0.690. The van der Waals surface area contributed by atoms with Gasteiger partial charge in [0.1, 0.15) is 0 Å². The summed E-state index contributed by atoms with van der Waals surface area (Å²) >= 11 is 0. The summed E-state index contributed by atoms with van der Waals surface area (Å²) in [6.07, 6.45) is 2.72. The Morgan fingerprint density at radius 2 is 1.93 bits per heavy atom. The zero-order valence-corrected chi connectivity index (χ0v) is 10.9. The largest absolute Gasteiger partial charge is 0.305 e. The zero-order valence-electron chi connectivity index (χ0n) is 10.9. The van der Waals surface area contributed by atoms with Crippen LogP contribution in [0.5, 0.6) is 0 Å². The van der Waals surface area contributed by atoms with Gasteiger partial charge in [0.05, 0.1) is 0 Å². The van der Waals surface area contributed by atoms with Crippen molar-refractivity contribution in [3.63, 3.8) is 0 Å². The van der Waals surface area contributed by atoms with Gasteiger partial charge in [-0.15, -0.1) is 0 Å². The highest BCUT2D eigenvalue weighted by Crippen LogP contribution is 2.27. The van der Waals surface area contributed by atoms with E-state index in [0.29, 0.717) is 5.54 Å². The first kappa shape index (κ1) is 13.9. The smallest absolute Gasteiger partial charge is 0.0305 e. The maximum absolute atomic E-state index is 2.50. The second kappa shape index (κ2) is 6.41. The minimum absolute atomic E-state index is 0.435. The summed E-state index contributed by atoms with van der Waals surface area (Å²) in [6.45, 7) is 12.2. The number of likely N-dealkylation sites (N-methyl/N-ethyl adjacent to an activating group) is 2. The fourth-order valence-electron chi connectivity index (χ4n) is 2.05. The van der Waals surface area contributed by atoms with Crippen molar-refractivity contribution in [2.75, 3.05) is 33.7 Å². The molecular formula is C12H28N2. The van der Waals surface area contributed by atoms with Gasteiger partial charge in [0.15, 0.2) is 0 Å². The molecule has 0 spiro atoms. The summed E-state index contributed by atoms with van der Waals surface area (Å²) in [5.41, 5.74) is 0.435. The number of rotatable bonds is 3. The highest BCUT2D eigenvalue weighted by molar-refractivity contribution is 4.92. The number of likely N-dealkylation sites (tertiary alicyclic amines) is 1. The van der Waals surface area contributed by atoms with Crippen molar-refractivity contribution in [3.05, 3.63) is 0 Å². The van der Waals surface area contributed by atoms with Crippen molar-refractivity contribution in [2.24, 2.45) is 0 Å². The van der Waals surface area contributed by atoms with Crippen LogP contribution < -0.4 is 0 Å². The van der Waals surface area contributed by atoms with Crippen molar-refractivity contribution >= 4 is 0 Å². The van der Waals surface area contributed by atoms with Crippen LogP contribution in [-0.2, 0) is 0 Å². The third-order valence-electron chi connectivity index (χ3n) is 3.28. The fourth-order valence-corrected chi connectivity index (χ4v) is 2.05. The molecule has 2 heteroatoms. The average Bonchev–Trinajstić information content (AvgIpc) is 2.50. The molecule has 0 aromatic heterocycles. The lowest BCUT2D eigenvalue weighted by molar-refractivity contribution is 0.137. The molecule has 1 saturated heterocycles. The SMILES string of the molecule is CC.CCN(C)C[C@]1(C)CCCN1C. The van der Waals surface area contributed by atoms with Crippen molar-refractivity contribution in [2.45, 2.75) is 46.1 Å². The molecular weight excluding hydrogens is 172 g/mol. The molecule has 1 aliphatic heterocycles. The van der Waals surface area contributed by atoms with E-state index in [4.69, 9.17) is 0 Å². The van der Waals surface area contributed by atoms with Crippen LogP contribution in [0.15, 0.2) is 0 Å². The monoisotopic (exact) mass is 200 g/mol. The van der Waals surface area contributed by atoms with E-state index >= 15 is 0 Å². The molecule has 0 aromatic rings. The highest BCUT2D eigenvalue weighted by Gasteiger charge is 2.34. The van der Waals surface area contributed by atoms with Crippen LogP contribution in [0.3, 0.4) is 0 Å². The number of hydrogen-bond donors (Lipinski definition) is 0. The van der Waals surface area contributed by atoms with Gasteiger partial charge in [-0.1, -0.05) is 20.8 Å². The van der Waals surface area contributed by atoms with Gasteiger partial charge in [0.2, 0.25) is 0 Å². The predicted octanol–water partition coefficient (Wildman–Crippen LogP) is 2.45. The Kier molecular flexibility index (Phi) is 6.38. The lowest BCUT2D eigenvalue weighted by Gasteiger charge is -2.35. The van der Waals surface area contributed by atoms with E-state index in [1.54, 1.807) is 0 Å². The molecule has 14 heavy (non-hydrogen) atoms. The molecule has 0 unspecified atom stereocenters. The van der Waals surface area contributed by atoms with E-state index in [-0.39, 0.29) is 0 Å².